The van der Waals surface area contributed by atoms with Crippen LogP contribution in [0.25, 0.3) is 0 Å². The van der Waals surface area contributed by atoms with E-state index in [9.17, 15) is 9.59 Å². The molecule has 5 nitrogen and oxygen atoms in total. The number of amides is 1. The Kier molecular flexibility index (Phi) is 5.09. The van der Waals surface area contributed by atoms with Gasteiger partial charge in [0.2, 0.25) is 0 Å². The first kappa shape index (κ1) is 15.7. The lowest BCUT2D eigenvalue weighted by molar-refractivity contribution is -0.199. The number of Topliss-reactive ketones (excluding diaryl/α,β-unsaturated/α-hetero) is 1. The van der Waals surface area contributed by atoms with Crippen molar-refractivity contribution < 1.29 is 19.1 Å². The predicted octanol–water partition coefficient (Wildman–Crippen LogP) is 1.77. The number of carbonyl (C=O) groups excluding carboxylic acids is 2. The molecule has 1 aromatic carbocycles. The van der Waals surface area contributed by atoms with E-state index in [4.69, 9.17) is 9.47 Å². The van der Waals surface area contributed by atoms with Crippen molar-refractivity contribution in [3.8, 4) is 0 Å². The van der Waals surface area contributed by atoms with E-state index in [1.54, 1.807) is 19.2 Å². The average Bonchev–Trinajstić information content (AvgIpc) is 2.47. The summed E-state index contributed by atoms with van der Waals surface area (Å²) in [5.41, 5.74) is 0.577. The second-order valence-electron chi connectivity index (χ2n) is 5.32. The van der Waals surface area contributed by atoms with E-state index in [0.29, 0.717) is 12.0 Å². The van der Waals surface area contributed by atoms with E-state index in [-0.39, 0.29) is 29.8 Å². The van der Waals surface area contributed by atoms with Crippen molar-refractivity contribution in [1.29, 1.82) is 0 Å². The van der Waals surface area contributed by atoms with Crippen molar-refractivity contribution in [2.75, 3.05) is 7.11 Å². The summed E-state index contributed by atoms with van der Waals surface area (Å²) in [6.45, 7) is 3.36. The fraction of sp³-hybridized carbons (Fsp3) is 0.500. The van der Waals surface area contributed by atoms with Crippen molar-refractivity contribution in [3.63, 3.8) is 0 Å². The number of carbonyl (C=O) groups is 2. The average molecular weight is 291 g/mol. The minimum Gasteiger partial charge on any atom is -0.356 e. The number of benzene rings is 1. The SMILES string of the molecule is CO[C@H]1C[C@H](NC(=O)c2ccccc2)[C@@H](C(C)=O)[C@H](C)O1. The Hall–Kier alpha value is -1.72. The van der Waals surface area contributed by atoms with E-state index < -0.39 is 6.29 Å². The molecule has 0 aliphatic carbocycles. The minimum atomic E-state index is -0.406. The summed E-state index contributed by atoms with van der Waals surface area (Å²) < 4.78 is 10.9. The normalized spacial score (nSPS) is 28.9. The van der Waals surface area contributed by atoms with Crippen LogP contribution < -0.4 is 5.32 Å². The van der Waals surface area contributed by atoms with Crippen LogP contribution in [0.5, 0.6) is 0 Å². The number of ether oxygens (including phenoxy) is 2. The standard InChI is InChI=1S/C16H21NO4/c1-10(18)15-11(2)21-14(20-3)9-13(15)17-16(19)12-7-5-4-6-8-12/h4-8,11,13-15H,9H2,1-3H3,(H,17,19)/t11-,13-,14+,15-/m0/s1. The van der Waals surface area contributed by atoms with Gasteiger partial charge in [0, 0.05) is 25.1 Å². The Balaban J connectivity index is 2.14. The van der Waals surface area contributed by atoms with Gasteiger partial charge >= 0.3 is 0 Å². The topological polar surface area (TPSA) is 64.6 Å². The smallest absolute Gasteiger partial charge is 0.251 e. The maximum absolute atomic E-state index is 12.3. The molecule has 4 atom stereocenters. The Morgan fingerprint density at radius 1 is 1.29 bits per heavy atom. The third-order valence-corrected chi connectivity index (χ3v) is 3.84. The molecule has 1 aliphatic rings. The second-order valence-corrected chi connectivity index (χ2v) is 5.32. The fourth-order valence-electron chi connectivity index (χ4n) is 2.82. The van der Waals surface area contributed by atoms with Crippen LogP contribution in [-0.4, -0.2) is 37.2 Å². The first-order valence-electron chi connectivity index (χ1n) is 7.07. The molecule has 21 heavy (non-hydrogen) atoms. The van der Waals surface area contributed by atoms with Gasteiger partial charge in [-0.1, -0.05) is 18.2 Å². The van der Waals surface area contributed by atoms with Crippen LogP contribution in [-0.2, 0) is 14.3 Å². The molecule has 1 heterocycles. The van der Waals surface area contributed by atoms with E-state index in [0.717, 1.165) is 0 Å². The van der Waals surface area contributed by atoms with Crippen LogP contribution >= 0.6 is 0 Å². The number of hydrogen-bond acceptors (Lipinski definition) is 4. The molecular weight excluding hydrogens is 270 g/mol. The van der Waals surface area contributed by atoms with Crippen molar-refractivity contribution in [1.82, 2.24) is 5.32 Å². The summed E-state index contributed by atoms with van der Waals surface area (Å²) in [6, 6.07) is 8.67. The first-order valence-corrected chi connectivity index (χ1v) is 7.07. The van der Waals surface area contributed by atoms with E-state index in [1.165, 1.54) is 6.92 Å². The molecule has 1 fully saturated rings. The van der Waals surface area contributed by atoms with Crippen molar-refractivity contribution in [3.05, 3.63) is 35.9 Å². The minimum absolute atomic E-state index is 0.00964. The Morgan fingerprint density at radius 3 is 2.52 bits per heavy atom. The highest BCUT2D eigenvalue weighted by molar-refractivity contribution is 5.94. The molecule has 0 unspecified atom stereocenters. The van der Waals surface area contributed by atoms with Gasteiger partial charge in [-0.05, 0) is 26.0 Å². The maximum Gasteiger partial charge on any atom is 0.251 e. The van der Waals surface area contributed by atoms with Crippen LogP contribution in [0.2, 0.25) is 0 Å². The number of methoxy groups -OCH3 is 1. The van der Waals surface area contributed by atoms with E-state index in [1.807, 2.05) is 25.1 Å². The van der Waals surface area contributed by atoms with Gasteiger partial charge in [-0.2, -0.15) is 0 Å². The Bertz CT molecular complexity index is 502. The van der Waals surface area contributed by atoms with Gasteiger partial charge in [0.05, 0.1) is 12.0 Å². The van der Waals surface area contributed by atoms with Gasteiger partial charge in [0.1, 0.15) is 5.78 Å². The molecule has 0 bridgehead atoms. The zero-order chi connectivity index (χ0) is 15.4. The molecule has 5 heteroatoms. The van der Waals surface area contributed by atoms with Gasteiger partial charge in [0.25, 0.3) is 5.91 Å². The highest BCUT2D eigenvalue weighted by Crippen LogP contribution is 2.27. The van der Waals surface area contributed by atoms with Gasteiger partial charge in [0.15, 0.2) is 6.29 Å². The zero-order valence-corrected chi connectivity index (χ0v) is 12.5. The summed E-state index contributed by atoms with van der Waals surface area (Å²) in [6.07, 6.45) is -0.233. The molecule has 1 N–H and O–H groups in total. The van der Waals surface area contributed by atoms with Crippen LogP contribution in [0.1, 0.15) is 30.6 Å². The lowest BCUT2D eigenvalue weighted by Crippen LogP contribution is -2.54. The second kappa shape index (κ2) is 6.83. The number of hydrogen-bond donors (Lipinski definition) is 1. The summed E-state index contributed by atoms with van der Waals surface area (Å²) in [7, 11) is 1.56. The van der Waals surface area contributed by atoms with Gasteiger partial charge in [-0.25, -0.2) is 0 Å². The van der Waals surface area contributed by atoms with Crippen molar-refractivity contribution >= 4 is 11.7 Å². The molecule has 0 spiro atoms. The van der Waals surface area contributed by atoms with Crippen LogP contribution in [0.3, 0.4) is 0 Å². The lowest BCUT2D eigenvalue weighted by Gasteiger charge is -2.39. The largest absolute Gasteiger partial charge is 0.356 e. The summed E-state index contributed by atoms with van der Waals surface area (Å²) >= 11 is 0. The quantitative estimate of drug-likeness (QED) is 0.918. The predicted molar refractivity (Wildman–Crippen MR) is 77.8 cm³/mol. The number of ketones is 1. The molecule has 114 valence electrons. The third kappa shape index (κ3) is 3.68. The summed E-state index contributed by atoms with van der Waals surface area (Å²) in [5.74, 6) is -0.532. The van der Waals surface area contributed by atoms with Gasteiger partial charge in [-0.15, -0.1) is 0 Å². The molecule has 1 aliphatic heterocycles. The fourth-order valence-corrected chi connectivity index (χ4v) is 2.82. The summed E-state index contributed by atoms with van der Waals surface area (Å²) in [5, 5.41) is 2.94. The lowest BCUT2D eigenvalue weighted by atomic mass is 9.86. The monoisotopic (exact) mass is 291 g/mol. The molecule has 1 aromatic rings. The number of rotatable bonds is 4. The Morgan fingerprint density at radius 2 is 1.95 bits per heavy atom. The van der Waals surface area contributed by atoms with Gasteiger partial charge < -0.3 is 14.8 Å². The third-order valence-electron chi connectivity index (χ3n) is 3.84. The summed E-state index contributed by atoms with van der Waals surface area (Å²) in [4.78, 5) is 24.1. The molecule has 1 saturated heterocycles. The van der Waals surface area contributed by atoms with Crippen molar-refractivity contribution in [2.24, 2.45) is 5.92 Å². The van der Waals surface area contributed by atoms with Crippen LogP contribution in [0, 0.1) is 5.92 Å². The molecule has 0 saturated carbocycles. The zero-order valence-electron chi connectivity index (χ0n) is 12.5. The first-order chi connectivity index (χ1) is 10.0. The van der Waals surface area contributed by atoms with E-state index >= 15 is 0 Å². The molecule has 0 aromatic heterocycles. The number of nitrogens with one attached hydrogen (secondary N) is 1. The highest BCUT2D eigenvalue weighted by Gasteiger charge is 2.40. The molecule has 0 radical (unpaired) electrons. The van der Waals surface area contributed by atoms with Crippen LogP contribution in [0.15, 0.2) is 30.3 Å². The molecular formula is C16H21NO4. The highest BCUT2D eigenvalue weighted by atomic mass is 16.7. The van der Waals surface area contributed by atoms with Gasteiger partial charge in [-0.3, -0.25) is 9.59 Å². The molecule has 2 rings (SSSR count). The van der Waals surface area contributed by atoms with E-state index in [2.05, 4.69) is 5.32 Å². The Labute approximate surface area is 124 Å². The van der Waals surface area contributed by atoms with Crippen LogP contribution in [0.4, 0.5) is 0 Å². The maximum atomic E-state index is 12.3. The van der Waals surface area contributed by atoms with Crippen molar-refractivity contribution in [2.45, 2.75) is 38.7 Å². The molecule has 1 amide bonds.